The zero-order chi connectivity index (χ0) is 18.8. The number of nitrogens with one attached hydrogen (secondary N) is 2. The Morgan fingerprint density at radius 2 is 1.93 bits per heavy atom. The number of aromatic nitrogens is 3. The van der Waals surface area contributed by atoms with Gasteiger partial charge in [0, 0.05) is 36.4 Å². The predicted molar refractivity (Wildman–Crippen MR) is 106 cm³/mol. The van der Waals surface area contributed by atoms with Crippen LogP contribution < -0.4 is 16.4 Å². The molecule has 0 aromatic carbocycles. The molecule has 27 heavy (non-hydrogen) atoms. The summed E-state index contributed by atoms with van der Waals surface area (Å²) >= 11 is 0. The molecule has 7 nitrogen and oxygen atoms in total. The first-order chi connectivity index (χ1) is 13.1. The number of nitrogens with zero attached hydrogens (tertiary/aromatic N) is 3. The van der Waals surface area contributed by atoms with Crippen LogP contribution in [0.15, 0.2) is 41.8 Å². The van der Waals surface area contributed by atoms with Gasteiger partial charge >= 0.3 is 0 Å². The fourth-order valence-electron chi connectivity index (χ4n) is 3.41. The van der Waals surface area contributed by atoms with Gasteiger partial charge < -0.3 is 16.4 Å². The molecule has 0 saturated heterocycles. The molecule has 4 N–H and O–H groups in total. The highest BCUT2D eigenvalue weighted by molar-refractivity contribution is 5.99. The SMILES string of the molecule is Cc1cc2nn3c(cnc13)C1=CC(=CCC(N)=C1)C(=O)NCCCCCN2. The van der Waals surface area contributed by atoms with E-state index in [2.05, 4.69) is 15.6 Å². The van der Waals surface area contributed by atoms with Crippen molar-refractivity contribution in [3.8, 4) is 0 Å². The van der Waals surface area contributed by atoms with Gasteiger partial charge in [0.1, 0.15) is 5.82 Å². The minimum Gasteiger partial charge on any atom is -0.402 e. The van der Waals surface area contributed by atoms with Crippen molar-refractivity contribution in [2.45, 2.75) is 32.6 Å². The molecule has 0 fully saturated rings. The Hall–Kier alpha value is -3.09. The third-order valence-corrected chi connectivity index (χ3v) is 4.86. The first-order valence-electron chi connectivity index (χ1n) is 9.37. The Bertz CT molecular complexity index is 982. The highest BCUT2D eigenvalue weighted by Gasteiger charge is 2.16. The van der Waals surface area contributed by atoms with E-state index in [4.69, 9.17) is 10.8 Å². The van der Waals surface area contributed by atoms with Gasteiger partial charge in [-0.05, 0) is 50.0 Å². The quantitative estimate of drug-likeness (QED) is 0.666. The summed E-state index contributed by atoms with van der Waals surface area (Å²) in [5.74, 6) is 0.757. The second kappa shape index (κ2) is 7.26. The molecular weight excluding hydrogens is 340 g/mol. The van der Waals surface area contributed by atoms with Crippen molar-refractivity contribution in [3.05, 3.63) is 53.0 Å². The smallest absolute Gasteiger partial charge is 0.250 e. The molecule has 4 rings (SSSR count). The summed E-state index contributed by atoms with van der Waals surface area (Å²) in [5, 5.41) is 11.1. The van der Waals surface area contributed by atoms with Crippen molar-refractivity contribution in [2.24, 2.45) is 5.73 Å². The van der Waals surface area contributed by atoms with Crippen molar-refractivity contribution in [1.29, 1.82) is 0 Å². The molecule has 0 unspecified atom stereocenters. The number of aryl methyl sites for hydroxylation is 1. The van der Waals surface area contributed by atoms with Crippen LogP contribution in [-0.4, -0.2) is 33.6 Å². The lowest BCUT2D eigenvalue weighted by Gasteiger charge is -2.09. The zero-order valence-electron chi connectivity index (χ0n) is 15.5. The van der Waals surface area contributed by atoms with E-state index in [0.717, 1.165) is 54.1 Å². The Morgan fingerprint density at radius 3 is 2.78 bits per heavy atom. The number of imidazole rings is 1. The van der Waals surface area contributed by atoms with E-state index in [1.165, 1.54) is 0 Å². The van der Waals surface area contributed by atoms with E-state index < -0.39 is 0 Å². The van der Waals surface area contributed by atoms with Gasteiger partial charge in [-0.3, -0.25) is 4.79 Å². The van der Waals surface area contributed by atoms with Crippen molar-refractivity contribution in [2.75, 3.05) is 18.4 Å². The second-order valence-electron chi connectivity index (χ2n) is 7.02. The highest BCUT2D eigenvalue weighted by atomic mass is 16.1. The largest absolute Gasteiger partial charge is 0.402 e. The average Bonchev–Trinajstić information content (AvgIpc) is 2.97. The monoisotopic (exact) mass is 364 g/mol. The van der Waals surface area contributed by atoms with Crippen LogP contribution in [0.25, 0.3) is 11.2 Å². The average molecular weight is 364 g/mol. The molecular formula is C20H24N6O. The number of hydrogen-bond acceptors (Lipinski definition) is 5. The molecule has 0 spiro atoms. The Labute approximate surface area is 158 Å². The van der Waals surface area contributed by atoms with E-state index in [1.54, 1.807) is 6.20 Å². The third kappa shape index (κ3) is 3.58. The lowest BCUT2D eigenvalue weighted by molar-refractivity contribution is -0.117. The normalized spacial score (nSPS) is 18.4. The van der Waals surface area contributed by atoms with Gasteiger partial charge in [0.05, 0.1) is 11.9 Å². The van der Waals surface area contributed by atoms with Gasteiger partial charge in [0.15, 0.2) is 5.65 Å². The van der Waals surface area contributed by atoms with E-state index in [9.17, 15) is 4.79 Å². The lowest BCUT2D eigenvalue weighted by Crippen LogP contribution is -2.25. The molecule has 0 radical (unpaired) electrons. The van der Waals surface area contributed by atoms with E-state index in [-0.39, 0.29) is 5.91 Å². The number of hydrogen-bond donors (Lipinski definition) is 3. The highest BCUT2D eigenvalue weighted by Crippen LogP contribution is 2.25. The molecule has 1 amide bonds. The Morgan fingerprint density at radius 1 is 1.11 bits per heavy atom. The van der Waals surface area contributed by atoms with E-state index >= 15 is 0 Å². The molecule has 2 aliphatic rings. The lowest BCUT2D eigenvalue weighted by atomic mass is 10.1. The van der Waals surface area contributed by atoms with Crippen LogP contribution in [0.3, 0.4) is 0 Å². The summed E-state index contributed by atoms with van der Waals surface area (Å²) in [6.45, 7) is 3.54. The first kappa shape index (κ1) is 17.3. The number of carbonyl (C=O) groups excluding carboxylic acids is 1. The number of allylic oxidation sites excluding steroid dienone is 3. The minimum absolute atomic E-state index is 0.0674. The molecule has 0 atom stereocenters. The molecule has 7 heteroatoms. The van der Waals surface area contributed by atoms with Crippen molar-refractivity contribution in [1.82, 2.24) is 19.9 Å². The predicted octanol–water partition coefficient (Wildman–Crippen LogP) is 2.31. The molecule has 2 aromatic rings. The molecule has 0 saturated carbocycles. The number of nitrogens with two attached hydrogens (primary N) is 1. The Kier molecular flexibility index (Phi) is 4.66. The molecule has 140 valence electrons. The van der Waals surface area contributed by atoms with Crippen LogP contribution in [0.1, 0.15) is 36.9 Å². The summed E-state index contributed by atoms with van der Waals surface area (Å²) in [5.41, 5.74) is 10.9. The maximum atomic E-state index is 12.6. The third-order valence-electron chi connectivity index (χ3n) is 4.86. The molecule has 1 aliphatic heterocycles. The van der Waals surface area contributed by atoms with Crippen molar-refractivity contribution >= 4 is 22.9 Å². The van der Waals surface area contributed by atoms with Crippen LogP contribution in [0, 0.1) is 6.92 Å². The van der Waals surface area contributed by atoms with E-state index in [1.807, 2.05) is 35.7 Å². The number of carbonyl (C=O) groups is 1. The summed E-state index contributed by atoms with van der Waals surface area (Å²) in [6.07, 6.45) is 11.0. The van der Waals surface area contributed by atoms with Crippen LogP contribution in [0.4, 0.5) is 5.82 Å². The summed E-state index contributed by atoms with van der Waals surface area (Å²) in [4.78, 5) is 17.1. The Balaban J connectivity index is 1.87. The molecule has 1 aliphatic carbocycles. The summed E-state index contributed by atoms with van der Waals surface area (Å²) in [7, 11) is 0. The van der Waals surface area contributed by atoms with Crippen LogP contribution in [-0.2, 0) is 4.79 Å². The molecule has 4 bridgehead atoms. The summed E-state index contributed by atoms with van der Waals surface area (Å²) < 4.78 is 1.83. The van der Waals surface area contributed by atoms with Crippen molar-refractivity contribution < 1.29 is 4.79 Å². The maximum absolute atomic E-state index is 12.6. The van der Waals surface area contributed by atoms with Gasteiger partial charge in [0.2, 0.25) is 0 Å². The minimum atomic E-state index is -0.0674. The maximum Gasteiger partial charge on any atom is 0.250 e. The standard InChI is InChI=1S/C20H24N6O/c1-13-9-18-22-7-3-2-4-8-23-20(27)14-5-6-16(21)11-15(10-14)17-12-24-19(13)26(17)25-18/h5,9-12H,2-4,6-8,21H2,1H3,(H,22,25)(H,23,27). The van der Waals surface area contributed by atoms with Crippen molar-refractivity contribution in [3.63, 3.8) is 0 Å². The number of anilines is 1. The topological polar surface area (TPSA) is 97.3 Å². The molecule has 3 heterocycles. The van der Waals surface area contributed by atoms with Gasteiger partial charge in [-0.1, -0.05) is 6.08 Å². The summed E-state index contributed by atoms with van der Waals surface area (Å²) in [6, 6.07) is 2.02. The fraction of sp³-hybridized carbons (Fsp3) is 0.350. The van der Waals surface area contributed by atoms with Crippen LogP contribution in [0.2, 0.25) is 0 Å². The first-order valence-corrected chi connectivity index (χ1v) is 9.37. The number of amides is 1. The van der Waals surface area contributed by atoms with Crippen LogP contribution in [0.5, 0.6) is 0 Å². The fourth-order valence-corrected chi connectivity index (χ4v) is 3.41. The van der Waals surface area contributed by atoms with Gasteiger partial charge in [-0.25, -0.2) is 9.50 Å². The van der Waals surface area contributed by atoms with Crippen LogP contribution >= 0.6 is 0 Å². The zero-order valence-corrected chi connectivity index (χ0v) is 15.5. The van der Waals surface area contributed by atoms with Gasteiger partial charge in [-0.15, -0.1) is 5.10 Å². The van der Waals surface area contributed by atoms with Gasteiger partial charge in [-0.2, -0.15) is 0 Å². The van der Waals surface area contributed by atoms with E-state index in [0.29, 0.717) is 24.2 Å². The number of rotatable bonds is 0. The molecule has 2 aromatic heterocycles. The number of fused-ring (bicyclic) bond motifs is 3. The second-order valence-corrected chi connectivity index (χ2v) is 7.02. The van der Waals surface area contributed by atoms with Gasteiger partial charge in [0.25, 0.3) is 5.91 Å².